The van der Waals surface area contributed by atoms with Gasteiger partial charge in [-0.25, -0.2) is 0 Å². The van der Waals surface area contributed by atoms with Gasteiger partial charge in [0.2, 0.25) is 5.44 Å². The van der Waals surface area contributed by atoms with Crippen LogP contribution in [0.15, 0.2) is 0 Å². The summed E-state index contributed by atoms with van der Waals surface area (Å²) in [4.78, 5) is 0. The molecule has 2 N–H and O–H groups in total. The third-order valence-electron chi connectivity index (χ3n) is 3.12. The SMILES string of the molecule is O=S(=O)(O)C(O)[C@H]1COC2(CCCCC2)O1.[NaH]. The van der Waals surface area contributed by atoms with Crippen LogP contribution >= 0.6 is 0 Å². The van der Waals surface area contributed by atoms with Gasteiger partial charge in [-0.1, -0.05) is 6.42 Å². The first kappa shape index (κ1) is 15.8. The molecular weight excluding hydrogens is 259 g/mol. The fourth-order valence-corrected chi connectivity index (χ4v) is 2.78. The predicted octanol–water partition coefficient (Wildman–Crippen LogP) is -0.380. The molecule has 0 amide bonds. The molecule has 2 atom stereocenters. The maximum absolute atomic E-state index is 10.8. The third-order valence-corrected chi connectivity index (χ3v) is 4.03. The molecule has 2 aliphatic rings. The molecule has 17 heavy (non-hydrogen) atoms. The fraction of sp³-hybridized carbons (Fsp3) is 1.00. The summed E-state index contributed by atoms with van der Waals surface area (Å²) >= 11 is 0. The molecule has 6 nitrogen and oxygen atoms in total. The van der Waals surface area contributed by atoms with Crippen LogP contribution in [0.5, 0.6) is 0 Å². The molecule has 8 heteroatoms. The molecule has 0 aromatic carbocycles. The molecule has 1 saturated carbocycles. The Morgan fingerprint density at radius 2 is 1.82 bits per heavy atom. The van der Waals surface area contributed by atoms with Crippen molar-refractivity contribution in [1.29, 1.82) is 0 Å². The van der Waals surface area contributed by atoms with Gasteiger partial charge in [-0.2, -0.15) is 8.42 Å². The van der Waals surface area contributed by atoms with Gasteiger partial charge in [0, 0.05) is 12.8 Å². The Hall–Kier alpha value is 0.790. The first-order chi connectivity index (χ1) is 7.43. The number of ether oxygens (including phenoxy) is 2. The van der Waals surface area contributed by atoms with Crippen LogP contribution in [0, 0.1) is 0 Å². The molecule has 1 saturated heterocycles. The second kappa shape index (κ2) is 5.83. The molecule has 2 fully saturated rings. The van der Waals surface area contributed by atoms with Gasteiger partial charge in [0.05, 0.1) is 6.61 Å². The van der Waals surface area contributed by atoms with Crippen molar-refractivity contribution in [3.8, 4) is 0 Å². The summed E-state index contributed by atoms with van der Waals surface area (Å²) in [7, 11) is -4.49. The number of hydrogen-bond acceptors (Lipinski definition) is 5. The molecule has 1 spiro atoms. The zero-order valence-corrected chi connectivity index (χ0v) is 9.65. The van der Waals surface area contributed by atoms with E-state index in [2.05, 4.69) is 0 Å². The van der Waals surface area contributed by atoms with Crippen molar-refractivity contribution in [1.82, 2.24) is 0 Å². The van der Waals surface area contributed by atoms with Crippen LogP contribution < -0.4 is 0 Å². The number of rotatable bonds is 2. The van der Waals surface area contributed by atoms with E-state index in [-0.39, 0.29) is 36.2 Å². The van der Waals surface area contributed by atoms with Crippen LogP contribution in [0.4, 0.5) is 0 Å². The molecule has 0 radical (unpaired) electrons. The summed E-state index contributed by atoms with van der Waals surface area (Å²) in [5, 5.41) is 9.36. The Morgan fingerprint density at radius 3 is 2.35 bits per heavy atom. The topological polar surface area (TPSA) is 93.1 Å². The van der Waals surface area contributed by atoms with Crippen LogP contribution in [0.1, 0.15) is 32.1 Å². The Balaban J connectivity index is 0.00000144. The quantitative estimate of drug-likeness (QED) is 0.527. The van der Waals surface area contributed by atoms with Gasteiger partial charge in [0.1, 0.15) is 6.10 Å². The van der Waals surface area contributed by atoms with Crippen molar-refractivity contribution in [2.24, 2.45) is 0 Å². The summed E-state index contributed by atoms with van der Waals surface area (Å²) in [5.74, 6) is -0.741. The van der Waals surface area contributed by atoms with E-state index in [0.717, 1.165) is 19.3 Å². The van der Waals surface area contributed by atoms with Crippen LogP contribution in [-0.4, -0.2) is 71.6 Å². The number of hydrogen-bond donors (Lipinski definition) is 2. The molecule has 96 valence electrons. The molecular formula is C9H17NaO6S. The minimum absolute atomic E-state index is 0. The van der Waals surface area contributed by atoms with E-state index >= 15 is 0 Å². The average molecular weight is 276 g/mol. The van der Waals surface area contributed by atoms with Crippen LogP contribution in [-0.2, 0) is 19.6 Å². The van der Waals surface area contributed by atoms with Crippen molar-refractivity contribution >= 4 is 39.7 Å². The first-order valence-electron chi connectivity index (χ1n) is 5.39. The van der Waals surface area contributed by atoms with Crippen LogP contribution in [0.3, 0.4) is 0 Å². The molecule has 1 aliphatic heterocycles. The summed E-state index contributed by atoms with van der Waals surface area (Å²) in [6.45, 7) is 0.000949. The first-order valence-corrected chi connectivity index (χ1v) is 6.89. The average Bonchev–Trinajstić information content (AvgIpc) is 2.61. The van der Waals surface area contributed by atoms with Crippen molar-refractivity contribution in [3.05, 3.63) is 0 Å². The minimum atomic E-state index is -4.49. The van der Waals surface area contributed by atoms with Crippen molar-refractivity contribution in [2.45, 2.75) is 49.4 Å². The molecule has 2 rings (SSSR count). The molecule has 1 aliphatic carbocycles. The second-order valence-electron chi connectivity index (χ2n) is 4.34. The zero-order chi connectivity index (χ0) is 11.8. The summed E-state index contributed by atoms with van der Waals surface area (Å²) in [5.41, 5.74) is -1.92. The van der Waals surface area contributed by atoms with Crippen molar-refractivity contribution in [3.63, 3.8) is 0 Å². The van der Waals surface area contributed by atoms with Gasteiger partial charge in [0.25, 0.3) is 10.1 Å². The van der Waals surface area contributed by atoms with Crippen LogP contribution in [0.25, 0.3) is 0 Å². The Morgan fingerprint density at radius 1 is 1.24 bits per heavy atom. The van der Waals surface area contributed by atoms with Crippen LogP contribution in [0.2, 0.25) is 0 Å². The van der Waals surface area contributed by atoms with Gasteiger partial charge >= 0.3 is 29.6 Å². The van der Waals surface area contributed by atoms with Gasteiger partial charge in [-0.15, -0.1) is 0 Å². The van der Waals surface area contributed by atoms with E-state index in [1.165, 1.54) is 0 Å². The normalized spacial score (nSPS) is 29.9. The van der Waals surface area contributed by atoms with Crippen molar-refractivity contribution in [2.75, 3.05) is 6.61 Å². The third kappa shape index (κ3) is 3.63. The summed E-state index contributed by atoms with van der Waals surface area (Å²) < 4.78 is 41.2. The fourth-order valence-electron chi connectivity index (χ4n) is 2.26. The molecule has 0 bridgehead atoms. The van der Waals surface area contributed by atoms with E-state index in [1.54, 1.807) is 0 Å². The number of aliphatic hydroxyl groups is 1. The van der Waals surface area contributed by atoms with Gasteiger partial charge in [-0.05, 0) is 12.8 Å². The van der Waals surface area contributed by atoms with E-state index in [1.807, 2.05) is 0 Å². The second-order valence-corrected chi connectivity index (χ2v) is 5.86. The number of aliphatic hydroxyl groups excluding tert-OH is 1. The van der Waals surface area contributed by atoms with Gasteiger partial charge < -0.3 is 14.6 Å². The molecule has 0 aromatic heterocycles. The maximum atomic E-state index is 10.8. The molecule has 1 unspecified atom stereocenters. The van der Waals surface area contributed by atoms with Gasteiger partial charge in [-0.3, -0.25) is 4.55 Å². The monoisotopic (exact) mass is 276 g/mol. The van der Waals surface area contributed by atoms with Crippen molar-refractivity contribution < 1.29 is 27.6 Å². The van der Waals surface area contributed by atoms with Gasteiger partial charge in [0.15, 0.2) is 5.79 Å². The predicted molar refractivity (Wildman–Crippen MR) is 61.3 cm³/mol. The zero-order valence-electron chi connectivity index (χ0n) is 8.83. The van der Waals surface area contributed by atoms with E-state index in [4.69, 9.17) is 14.0 Å². The van der Waals surface area contributed by atoms with E-state index < -0.39 is 27.4 Å². The summed E-state index contributed by atoms with van der Waals surface area (Å²) in [6, 6.07) is 0. The van der Waals surface area contributed by atoms with E-state index in [9.17, 15) is 13.5 Å². The summed E-state index contributed by atoms with van der Waals surface area (Å²) in [6.07, 6.45) is 3.47. The standard InChI is InChI=1S/C9H16O6S.Na.H/c10-8(16(11,12)13)7-6-14-9(15-7)4-2-1-3-5-9;;/h7-8,10H,1-6H2,(H,11,12,13);;/t7-,8?;;/m1../s1. The Kier molecular flexibility index (Phi) is 5.44. The molecule has 1 heterocycles. The molecule has 0 aromatic rings. The Labute approximate surface area is 123 Å². The van der Waals surface area contributed by atoms with E-state index in [0.29, 0.717) is 12.8 Å². The Bertz CT molecular complexity index is 350.